The Balaban J connectivity index is 3.21. The predicted octanol–water partition coefficient (Wildman–Crippen LogP) is 1.07. The highest BCUT2D eigenvalue weighted by Crippen LogP contribution is 2.24. The van der Waals surface area contributed by atoms with Crippen LogP contribution in [0.3, 0.4) is 0 Å². The zero-order chi connectivity index (χ0) is 16.3. The lowest BCUT2D eigenvalue weighted by Gasteiger charge is -2.24. The second-order valence-corrected chi connectivity index (χ2v) is 7.49. The van der Waals surface area contributed by atoms with Gasteiger partial charge in [0.25, 0.3) is 0 Å². The molecule has 1 aromatic rings. The van der Waals surface area contributed by atoms with E-state index in [9.17, 15) is 17.6 Å². The van der Waals surface area contributed by atoms with Gasteiger partial charge in [0.15, 0.2) is 9.84 Å². The van der Waals surface area contributed by atoms with Gasteiger partial charge < -0.3 is 11.1 Å². The van der Waals surface area contributed by atoms with Crippen molar-refractivity contribution in [3.05, 3.63) is 29.6 Å². The molecule has 0 saturated carbocycles. The minimum Gasteiger partial charge on any atom is -0.386 e. The molecule has 21 heavy (non-hydrogen) atoms. The average molecular weight is 315 g/mol. The number of hydrogen-bond donors (Lipinski definition) is 2. The zero-order valence-electron chi connectivity index (χ0n) is 12.1. The lowest BCUT2D eigenvalue weighted by molar-refractivity contribution is -0.105. The maximum atomic E-state index is 13.8. The molecule has 0 aliphatic carbocycles. The maximum absolute atomic E-state index is 13.8. The lowest BCUT2D eigenvalue weighted by atomic mass is 10.2. The Morgan fingerprint density at radius 1 is 1.48 bits per heavy atom. The van der Waals surface area contributed by atoms with Crippen LogP contribution in [-0.2, 0) is 20.4 Å². The number of carbonyl (C=O) groups is 1. The molecule has 0 heterocycles. The van der Waals surface area contributed by atoms with Crippen LogP contribution in [0.1, 0.15) is 19.4 Å². The molecule has 1 amide bonds. The van der Waals surface area contributed by atoms with Gasteiger partial charge in [0.1, 0.15) is 16.4 Å². The van der Waals surface area contributed by atoms with Gasteiger partial charge >= 0.3 is 0 Å². The summed E-state index contributed by atoms with van der Waals surface area (Å²) in [5.74, 6) is -1.26. The summed E-state index contributed by atoms with van der Waals surface area (Å²) >= 11 is 0. The van der Waals surface area contributed by atoms with E-state index in [0.717, 1.165) is 6.07 Å². The monoisotopic (exact) mass is 315 g/mol. The number of rotatable bonds is 6. The molecule has 0 unspecified atom stereocenters. The minimum atomic E-state index is -3.79. The highest BCUT2D eigenvalue weighted by atomic mass is 32.2. The number of nitrogens with one attached hydrogen (secondary N) is 1. The fourth-order valence-corrected chi connectivity index (χ4v) is 3.06. The van der Waals surface area contributed by atoms with Crippen LogP contribution in [0.5, 0.6) is 0 Å². The first-order valence-electron chi connectivity index (χ1n) is 6.09. The van der Waals surface area contributed by atoms with Crippen LogP contribution >= 0.6 is 0 Å². The van der Waals surface area contributed by atoms with Gasteiger partial charge in [-0.25, -0.2) is 12.8 Å². The Kier molecular flexibility index (Phi) is 5.06. The summed E-state index contributed by atoms with van der Waals surface area (Å²) in [5.41, 5.74) is 5.89. The van der Waals surface area contributed by atoms with Crippen molar-refractivity contribution in [2.45, 2.75) is 24.3 Å². The zero-order valence-corrected chi connectivity index (χ0v) is 12.9. The predicted molar refractivity (Wildman–Crippen MR) is 80.3 cm³/mol. The van der Waals surface area contributed by atoms with E-state index in [0.29, 0.717) is 12.1 Å². The van der Waals surface area contributed by atoms with Gasteiger partial charge in [-0.15, -0.1) is 0 Å². The smallest absolute Gasteiger partial charge is 0.211 e. The molecule has 8 heteroatoms. The number of amides is 1. The second kappa shape index (κ2) is 6.21. The summed E-state index contributed by atoms with van der Waals surface area (Å²) in [6.45, 7) is 2.83. The van der Waals surface area contributed by atoms with Crippen LogP contribution in [0.4, 0.5) is 10.1 Å². The van der Waals surface area contributed by atoms with Crippen molar-refractivity contribution in [1.82, 2.24) is 0 Å². The summed E-state index contributed by atoms with van der Waals surface area (Å²) in [6, 6.07) is 3.71. The van der Waals surface area contributed by atoms with Gasteiger partial charge in [-0.1, -0.05) is 0 Å². The van der Waals surface area contributed by atoms with Gasteiger partial charge in [0.2, 0.25) is 6.41 Å². The van der Waals surface area contributed by atoms with E-state index in [4.69, 9.17) is 5.73 Å². The normalized spacial score (nSPS) is 13.0. The van der Waals surface area contributed by atoms with E-state index < -0.39 is 26.2 Å². The molecule has 0 aliphatic rings. The van der Waals surface area contributed by atoms with Crippen molar-refractivity contribution in [1.29, 1.82) is 0 Å². The Bertz CT molecular complexity index is 669. The van der Waals surface area contributed by atoms with E-state index in [1.54, 1.807) is 0 Å². The second-order valence-electron chi connectivity index (χ2n) is 4.95. The van der Waals surface area contributed by atoms with E-state index >= 15 is 0 Å². The van der Waals surface area contributed by atoms with E-state index in [-0.39, 0.29) is 11.4 Å². The van der Waals surface area contributed by atoms with Gasteiger partial charge in [-0.2, -0.15) is 0 Å². The molecule has 3 N–H and O–H groups in total. The summed E-state index contributed by atoms with van der Waals surface area (Å²) in [7, 11) is -2.40. The average Bonchev–Trinajstić information content (AvgIpc) is 2.41. The lowest BCUT2D eigenvalue weighted by Crippen LogP contribution is -2.46. The Hall–Kier alpha value is -1.96. The molecule has 0 radical (unpaired) electrons. The van der Waals surface area contributed by atoms with Gasteiger partial charge in [0.05, 0.1) is 5.75 Å². The van der Waals surface area contributed by atoms with E-state index in [1.165, 1.54) is 33.0 Å². The Morgan fingerprint density at radius 3 is 2.62 bits per heavy atom. The van der Waals surface area contributed by atoms with Crippen LogP contribution in [0.15, 0.2) is 23.2 Å². The molecule has 0 spiro atoms. The third kappa shape index (κ3) is 3.57. The number of aliphatic imine (C=N–C) groups is 1. The van der Waals surface area contributed by atoms with Gasteiger partial charge in [0, 0.05) is 18.3 Å². The molecule has 0 bridgehead atoms. The third-order valence-electron chi connectivity index (χ3n) is 3.25. The molecule has 0 fully saturated rings. The largest absolute Gasteiger partial charge is 0.386 e. The summed E-state index contributed by atoms with van der Waals surface area (Å²) in [4.78, 5) is 14.1. The Morgan fingerprint density at radius 2 is 2.10 bits per heavy atom. The number of halogens is 1. The molecule has 116 valence electrons. The topological polar surface area (TPSA) is 102 Å². The van der Waals surface area contributed by atoms with Crippen LogP contribution in [0.25, 0.3) is 0 Å². The minimum absolute atomic E-state index is 0.0428. The molecule has 1 aromatic carbocycles. The van der Waals surface area contributed by atoms with Crippen molar-refractivity contribution in [2.24, 2.45) is 10.7 Å². The fourth-order valence-electron chi connectivity index (χ4n) is 1.66. The maximum Gasteiger partial charge on any atom is 0.211 e. The van der Waals surface area contributed by atoms with Crippen molar-refractivity contribution in [3.8, 4) is 0 Å². The highest BCUT2D eigenvalue weighted by molar-refractivity contribution is 7.92. The first-order chi connectivity index (χ1) is 9.65. The SMILES string of the molecule is CN=C(N)C(C)(C)S(=O)(=O)Cc1cc(NC=O)ccc1F. The third-order valence-corrected chi connectivity index (χ3v) is 5.71. The highest BCUT2D eigenvalue weighted by Gasteiger charge is 2.38. The molecule has 0 saturated heterocycles. The number of nitrogens with two attached hydrogens (primary N) is 1. The van der Waals surface area contributed by atoms with Crippen molar-refractivity contribution >= 4 is 27.8 Å². The molecule has 6 nitrogen and oxygen atoms in total. The van der Waals surface area contributed by atoms with Crippen LogP contribution in [-0.4, -0.2) is 32.5 Å². The van der Waals surface area contributed by atoms with Crippen LogP contribution in [0.2, 0.25) is 0 Å². The number of anilines is 1. The van der Waals surface area contributed by atoms with E-state index in [1.807, 2.05) is 0 Å². The quantitative estimate of drug-likeness (QED) is 0.466. The number of benzene rings is 1. The molecule has 0 aromatic heterocycles. The number of sulfone groups is 1. The summed E-state index contributed by atoms with van der Waals surface area (Å²) in [5, 5.41) is 2.34. The van der Waals surface area contributed by atoms with Crippen LogP contribution < -0.4 is 11.1 Å². The number of amidine groups is 1. The molecular weight excluding hydrogens is 297 g/mol. The fraction of sp³-hybridized carbons (Fsp3) is 0.385. The first kappa shape index (κ1) is 17.1. The van der Waals surface area contributed by atoms with Gasteiger partial charge in [-0.05, 0) is 32.0 Å². The summed E-state index contributed by atoms with van der Waals surface area (Å²) < 4.78 is 37.2. The standard InChI is InChI=1S/C13H18FN3O3S/c1-13(2,12(15)16-3)21(19,20)7-9-6-10(17-8-18)4-5-11(9)14/h4-6,8H,7H2,1-3H3,(H2,15,16)(H,17,18). The molecular formula is C13H18FN3O3S. The van der Waals surface area contributed by atoms with Gasteiger partial charge in [-0.3, -0.25) is 9.79 Å². The first-order valence-corrected chi connectivity index (χ1v) is 7.74. The van der Waals surface area contributed by atoms with Crippen molar-refractivity contribution in [3.63, 3.8) is 0 Å². The molecule has 0 atom stereocenters. The Labute approximate surface area is 123 Å². The van der Waals surface area contributed by atoms with Crippen LogP contribution in [0, 0.1) is 5.82 Å². The molecule has 0 aliphatic heterocycles. The number of carbonyl (C=O) groups excluding carboxylic acids is 1. The number of hydrogen-bond acceptors (Lipinski definition) is 4. The number of nitrogens with zero attached hydrogens (tertiary/aromatic N) is 1. The van der Waals surface area contributed by atoms with Crippen molar-refractivity contribution in [2.75, 3.05) is 12.4 Å². The molecule has 1 rings (SSSR count). The van der Waals surface area contributed by atoms with E-state index in [2.05, 4.69) is 10.3 Å². The summed E-state index contributed by atoms with van der Waals surface area (Å²) in [6.07, 6.45) is 0.428. The van der Waals surface area contributed by atoms with Crippen molar-refractivity contribution < 1.29 is 17.6 Å².